The van der Waals surface area contributed by atoms with Crippen LogP contribution in [0.1, 0.15) is 18.1 Å². The van der Waals surface area contributed by atoms with Crippen LogP contribution in [0.3, 0.4) is 0 Å². The molecule has 0 heterocycles. The molecule has 0 saturated heterocycles. The van der Waals surface area contributed by atoms with Crippen LogP contribution in [0.25, 0.3) is 5.57 Å². The molecular formula is C13H16O. The molecular weight excluding hydrogens is 172 g/mol. The fraction of sp³-hybridized carbons (Fsp3) is 0.231. The van der Waals surface area contributed by atoms with Crippen LogP contribution in [0.2, 0.25) is 0 Å². The van der Waals surface area contributed by atoms with Gasteiger partial charge in [0.1, 0.15) is 5.75 Å². The molecule has 0 aromatic heterocycles. The lowest BCUT2D eigenvalue weighted by molar-refractivity contribution is 0.414. The molecule has 0 saturated carbocycles. The smallest absolute Gasteiger partial charge is 0.119 e. The number of hydrogen-bond donors (Lipinski definition) is 0. The predicted octanol–water partition coefficient (Wildman–Crippen LogP) is 3.59. The Morgan fingerprint density at radius 2 is 2.14 bits per heavy atom. The number of allylic oxidation sites excluding steroid dienone is 3. The molecule has 1 rings (SSSR count). The second kappa shape index (κ2) is 4.66. The van der Waals surface area contributed by atoms with Crippen molar-refractivity contribution in [1.29, 1.82) is 0 Å². The summed E-state index contributed by atoms with van der Waals surface area (Å²) < 4.78 is 5.19. The van der Waals surface area contributed by atoms with Gasteiger partial charge < -0.3 is 4.74 Å². The largest absolute Gasteiger partial charge is 0.497 e. The maximum Gasteiger partial charge on any atom is 0.119 e. The van der Waals surface area contributed by atoms with Gasteiger partial charge in [0, 0.05) is 0 Å². The molecule has 0 radical (unpaired) electrons. The van der Waals surface area contributed by atoms with E-state index in [9.17, 15) is 0 Å². The van der Waals surface area contributed by atoms with Crippen LogP contribution in [0, 0.1) is 6.92 Å². The number of benzene rings is 1. The van der Waals surface area contributed by atoms with Crippen LogP contribution in [0.4, 0.5) is 0 Å². The van der Waals surface area contributed by atoms with Gasteiger partial charge >= 0.3 is 0 Å². The number of hydrogen-bond acceptors (Lipinski definition) is 1. The van der Waals surface area contributed by atoms with Gasteiger partial charge in [0.05, 0.1) is 7.11 Å². The van der Waals surface area contributed by atoms with Gasteiger partial charge in [0.2, 0.25) is 0 Å². The van der Waals surface area contributed by atoms with Crippen LogP contribution in [-0.4, -0.2) is 7.11 Å². The monoisotopic (exact) mass is 188 g/mol. The van der Waals surface area contributed by atoms with Crippen LogP contribution < -0.4 is 4.74 Å². The molecule has 1 aromatic carbocycles. The van der Waals surface area contributed by atoms with E-state index in [1.165, 1.54) is 16.7 Å². The number of methoxy groups -OCH3 is 1. The zero-order chi connectivity index (χ0) is 10.6. The Labute approximate surface area is 85.7 Å². The first-order valence-corrected chi connectivity index (χ1v) is 4.63. The maximum absolute atomic E-state index is 5.19. The lowest BCUT2D eigenvalue weighted by Gasteiger charge is -2.08. The molecule has 0 fully saturated rings. The Morgan fingerprint density at radius 3 is 2.71 bits per heavy atom. The van der Waals surface area contributed by atoms with Crippen molar-refractivity contribution in [1.82, 2.24) is 0 Å². The third-order valence-electron chi connectivity index (χ3n) is 2.24. The van der Waals surface area contributed by atoms with E-state index >= 15 is 0 Å². The first kappa shape index (κ1) is 10.6. The van der Waals surface area contributed by atoms with Gasteiger partial charge in [-0.1, -0.05) is 24.8 Å². The van der Waals surface area contributed by atoms with Crippen molar-refractivity contribution < 1.29 is 4.74 Å². The molecule has 0 aliphatic rings. The van der Waals surface area contributed by atoms with Gasteiger partial charge in [-0.3, -0.25) is 0 Å². The van der Waals surface area contributed by atoms with Crippen molar-refractivity contribution in [2.75, 3.05) is 7.11 Å². The van der Waals surface area contributed by atoms with Crippen molar-refractivity contribution in [2.24, 2.45) is 0 Å². The summed E-state index contributed by atoms with van der Waals surface area (Å²) in [6.45, 7) is 7.86. The summed E-state index contributed by atoms with van der Waals surface area (Å²) in [5, 5.41) is 0. The second-order valence-electron chi connectivity index (χ2n) is 3.27. The minimum Gasteiger partial charge on any atom is -0.497 e. The third kappa shape index (κ3) is 2.25. The van der Waals surface area contributed by atoms with E-state index < -0.39 is 0 Å². The summed E-state index contributed by atoms with van der Waals surface area (Å²) >= 11 is 0. The Balaban J connectivity index is 3.18. The molecule has 0 aliphatic carbocycles. The molecule has 1 heteroatoms. The Morgan fingerprint density at radius 1 is 1.43 bits per heavy atom. The van der Waals surface area contributed by atoms with E-state index in [4.69, 9.17) is 4.74 Å². The Hall–Kier alpha value is -1.50. The van der Waals surface area contributed by atoms with Crippen molar-refractivity contribution >= 4 is 5.57 Å². The molecule has 0 spiro atoms. The van der Waals surface area contributed by atoms with Gasteiger partial charge in [0.15, 0.2) is 0 Å². The van der Waals surface area contributed by atoms with Crippen molar-refractivity contribution in [3.05, 3.63) is 48.1 Å². The highest BCUT2D eigenvalue weighted by Gasteiger charge is 2.01. The molecule has 1 aromatic rings. The molecule has 0 bridgehead atoms. The average molecular weight is 188 g/mol. The first-order valence-electron chi connectivity index (χ1n) is 4.63. The van der Waals surface area contributed by atoms with Crippen molar-refractivity contribution in [2.45, 2.75) is 13.8 Å². The standard InChI is InChI=1S/C13H16O/c1-5-6-10(2)13-9-12(14-4)8-7-11(13)3/h5-9H,1H2,2-4H3/b10-6-. The summed E-state index contributed by atoms with van der Waals surface area (Å²) in [7, 11) is 1.68. The minimum absolute atomic E-state index is 0.891. The summed E-state index contributed by atoms with van der Waals surface area (Å²) in [5.74, 6) is 0.891. The predicted molar refractivity (Wildman–Crippen MR) is 61.6 cm³/mol. The number of aryl methyl sites for hydroxylation is 1. The van der Waals surface area contributed by atoms with Crippen molar-refractivity contribution in [3.63, 3.8) is 0 Å². The van der Waals surface area contributed by atoms with E-state index in [-0.39, 0.29) is 0 Å². The summed E-state index contributed by atoms with van der Waals surface area (Å²) in [6.07, 6.45) is 3.80. The highest BCUT2D eigenvalue weighted by molar-refractivity contribution is 5.68. The maximum atomic E-state index is 5.19. The fourth-order valence-corrected chi connectivity index (χ4v) is 1.42. The second-order valence-corrected chi connectivity index (χ2v) is 3.27. The van der Waals surface area contributed by atoms with Crippen LogP contribution >= 0.6 is 0 Å². The van der Waals surface area contributed by atoms with Crippen LogP contribution in [0.5, 0.6) is 5.75 Å². The van der Waals surface area contributed by atoms with Gasteiger partial charge in [0.25, 0.3) is 0 Å². The normalized spacial score (nSPS) is 11.2. The summed E-state index contributed by atoms with van der Waals surface area (Å²) in [6, 6.07) is 6.08. The fourth-order valence-electron chi connectivity index (χ4n) is 1.42. The van der Waals surface area contributed by atoms with E-state index in [0.29, 0.717) is 0 Å². The van der Waals surface area contributed by atoms with Gasteiger partial charge in [-0.05, 0) is 42.7 Å². The van der Waals surface area contributed by atoms with E-state index in [1.54, 1.807) is 13.2 Å². The molecule has 0 atom stereocenters. The minimum atomic E-state index is 0.891. The van der Waals surface area contributed by atoms with Gasteiger partial charge in [-0.15, -0.1) is 0 Å². The molecule has 74 valence electrons. The SMILES string of the molecule is C=C/C=C(/C)c1cc(OC)ccc1C. The number of ether oxygens (including phenoxy) is 1. The lowest BCUT2D eigenvalue weighted by atomic mass is 10.0. The first-order chi connectivity index (χ1) is 6.69. The highest BCUT2D eigenvalue weighted by Crippen LogP contribution is 2.23. The molecule has 0 amide bonds. The molecule has 1 nitrogen and oxygen atoms in total. The molecule has 0 aliphatic heterocycles. The summed E-state index contributed by atoms with van der Waals surface area (Å²) in [5.41, 5.74) is 3.67. The van der Waals surface area contributed by atoms with E-state index in [1.807, 2.05) is 18.2 Å². The lowest BCUT2D eigenvalue weighted by Crippen LogP contribution is -1.89. The molecule has 0 N–H and O–H groups in total. The van der Waals surface area contributed by atoms with Gasteiger partial charge in [-0.2, -0.15) is 0 Å². The number of rotatable bonds is 3. The quantitative estimate of drug-likeness (QED) is 0.659. The topological polar surface area (TPSA) is 9.23 Å². The van der Waals surface area contributed by atoms with Crippen LogP contribution in [-0.2, 0) is 0 Å². The Kier molecular flexibility index (Phi) is 3.52. The zero-order valence-corrected chi connectivity index (χ0v) is 9.00. The Bertz CT molecular complexity index is 361. The van der Waals surface area contributed by atoms with Gasteiger partial charge in [-0.25, -0.2) is 0 Å². The zero-order valence-electron chi connectivity index (χ0n) is 9.00. The third-order valence-corrected chi connectivity index (χ3v) is 2.24. The average Bonchev–Trinajstić information content (AvgIpc) is 2.19. The van der Waals surface area contributed by atoms with E-state index in [2.05, 4.69) is 26.5 Å². The molecule has 0 unspecified atom stereocenters. The highest BCUT2D eigenvalue weighted by atomic mass is 16.5. The van der Waals surface area contributed by atoms with E-state index in [0.717, 1.165) is 5.75 Å². The molecule has 14 heavy (non-hydrogen) atoms. The summed E-state index contributed by atoms with van der Waals surface area (Å²) in [4.78, 5) is 0. The van der Waals surface area contributed by atoms with Crippen LogP contribution in [0.15, 0.2) is 36.9 Å². The van der Waals surface area contributed by atoms with Crippen molar-refractivity contribution in [3.8, 4) is 5.75 Å².